The van der Waals surface area contributed by atoms with Gasteiger partial charge in [-0.3, -0.25) is 4.79 Å². The second-order valence-corrected chi connectivity index (χ2v) is 7.29. The van der Waals surface area contributed by atoms with Crippen LogP contribution < -0.4 is 0 Å². The highest BCUT2D eigenvalue weighted by Gasteiger charge is 2.36. The Morgan fingerprint density at radius 3 is 2.27 bits per heavy atom. The standard InChI is InChI=1S/C19H20O2S/c20-18(21)14-19(12-4-5-13-22-19)17-10-8-16(9-11-17)15-6-2-1-3-7-15/h1-3,6-11H,4-5,12-14H2,(H,20,21). The molecule has 0 aromatic heterocycles. The minimum atomic E-state index is -0.707. The first-order valence-electron chi connectivity index (χ1n) is 7.71. The number of thioether (sulfide) groups is 1. The predicted octanol–water partition coefficient (Wildman–Crippen LogP) is 4.94. The van der Waals surface area contributed by atoms with E-state index in [4.69, 9.17) is 0 Å². The van der Waals surface area contributed by atoms with Gasteiger partial charge in [-0.25, -0.2) is 0 Å². The number of carbonyl (C=O) groups is 1. The van der Waals surface area contributed by atoms with Crippen LogP contribution in [-0.2, 0) is 9.54 Å². The Morgan fingerprint density at radius 1 is 1.00 bits per heavy atom. The Hall–Kier alpha value is -1.74. The fraction of sp³-hybridized carbons (Fsp3) is 0.316. The molecule has 0 amide bonds. The van der Waals surface area contributed by atoms with Crippen LogP contribution in [-0.4, -0.2) is 16.8 Å². The van der Waals surface area contributed by atoms with Crippen molar-refractivity contribution in [2.24, 2.45) is 0 Å². The van der Waals surface area contributed by atoms with Crippen LogP contribution in [0.3, 0.4) is 0 Å². The minimum absolute atomic E-state index is 0.211. The first-order valence-corrected chi connectivity index (χ1v) is 8.70. The highest BCUT2D eigenvalue weighted by Crippen LogP contribution is 2.47. The van der Waals surface area contributed by atoms with Gasteiger partial charge in [0.25, 0.3) is 0 Å². The van der Waals surface area contributed by atoms with Crippen LogP contribution in [0.25, 0.3) is 11.1 Å². The summed E-state index contributed by atoms with van der Waals surface area (Å²) in [6.07, 6.45) is 3.46. The summed E-state index contributed by atoms with van der Waals surface area (Å²) in [6.45, 7) is 0. The predicted molar refractivity (Wildman–Crippen MR) is 92.1 cm³/mol. The zero-order chi connectivity index (χ0) is 15.4. The third-order valence-corrected chi connectivity index (χ3v) is 5.94. The normalized spacial score (nSPS) is 21.5. The number of hydrogen-bond acceptors (Lipinski definition) is 2. The Bertz CT molecular complexity index is 628. The van der Waals surface area contributed by atoms with Gasteiger partial charge < -0.3 is 5.11 Å². The van der Waals surface area contributed by atoms with Crippen molar-refractivity contribution in [1.29, 1.82) is 0 Å². The average molecular weight is 312 g/mol. The first kappa shape index (κ1) is 15.2. The maximum Gasteiger partial charge on any atom is 0.305 e. The van der Waals surface area contributed by atoms with Gasteiger partial charge in [-0.1, -0.05) is 61.0 Å². The molecule has 3 rings (SSSR count). The summed E-state index contributed by atoms with van der Waals surface area (Å²) in [5.74, 6) is 0.342. The molecular weight excluding hydrogens is 292 g/mol. The fourth-order valence-corrected chi connectivity index (χ4v) is 4.72. The SMILES string of the molecule is O=C(O)CC1(c2ccc(-c3ccccc3)cc2)CCCCS1. The zero-order valence-electron chi connectivity index (χ0n) is 12.5. The van der Waals surface area contributed by atoms with Crippen LogP contribution in [0.1, 0.15) is 31.2 Å². The van der Waals surface area contributed by atoms with Gasteiger partial charge in [0, 0.05) is 0 Å². The second kappa shape index (κ2) is 6.57. The maximum atomic E-state index is 11.3. The van der Waals surface area contributed by atoms with E-state index in [1.807, 2.05) is 30.0 Å². The Labute approximate surface area is 135 Å². The lowest BCUT2D eigenvalue weighted by Crippen LogP contribution is -2.29. The van der Waals surface area contributed by atoms with E-state index in [0.29, 0.717) is 0 Å². The van der Waals surface area contributed by atoms with E-state index in [1.165, 1.54) is 17.5 Å². The van der Waals surface area contributed by atoms with Crippen LogP contribution in [0.5, 0.6) is 0 Å². The number of benzene rings is 2. The lowest BCUT2D eigenvalue weighted by Gasteiger charge is -2.36. The van der Waals surface area contributed by atoms with Gasteiger partial charge in [0.15, 0.2) is 0 Å². The van der Waals surface area contributed by atoms with Crippen molar-refractivity contribution >= 4 is 17.7 Å². The molecule has 0 spiro atoms. The van der Waals surface area contributed by atoms with E-state index in [-0.39, 0.29) is 11.2 Å². The summed E-state index contributed by atoms with van der Waals surface area (Å²) >= 11 is 1.81. The lowest BCUT2D eigenvalue weighted by molar-refractivity contribution is -0.137. The van der Waals surface area contributed by atoms with Gasteiger partial charge in [0.2, 0.25) is 0 Å². The molecule has 0 aliphatic carbocycles. The van der Waals surface area contributed by atoms with E-state index < -0.39 is 5.97 Å². The van der Waals surface area contributed by atoms with Crippen molar-refractivity contribution in [1.82, 2.24) is 0 Å². The molecule has 0 bridgehead atoms. The molecule has 1 fully saturated rings. The van der Waals surface area contributed by atoms with Gasteiger partial charge in [-0.05, 0) is 35.3 Å². The van der Waals surface area contributed by atoms with Crippen molar-refractivity contribution in [3.63, 3.8) is 0 Å². The van der Waals surface area contributed by atoms with Crippen molar-refractivity contribution < 1.29 is 9.90 Å². The first-order chi connectivity index (χ1) is 10.7. The highest BCUT2D eigenvalue weighted by molar-refractivity contribution is 8.00. The molecule has 1 N–H and O–H groups in total. The Balaban J connectivity index is 1.91. The molecule has 1 atom stereocenters. The maximum absolute atomic E-state index is 11.3. The average Bonchev–Trinajstić information content (AvgIpc) is 2.56. The second-order valence-electron chi connectivity index (χ2n) is 5.81. The molecule has 22 heavy (non-hydrogen) atoms. The third-order valence-electron chi connectivity index (χ3n) is 4.31. The highest BCUT2D eigenvalue weighted by atomic mass is 32.2. The molecule has 1 aliphatic heterocycles. The third kappa shape index (κ3) is 3.20. The van der Waals surface area contributed by atoms with Crippen molar-refractivity contribution in [3.05, 3.63) is 60.2 Å². The van der Waals surface area contributed by atoms with Gasteiger partial charge in [-0.2, -0.15) is 0 Å². The number of carboxylic acids is 1. The molecule has 0 saturated carbocycles. The molecular formula is C19H20O2S. The summed E-state index contributed by atoms with van der Waals surface area (Å²) in [5.41, 5.74) is 3.52. The van der Waals surface area contributed by atoms with E-state index in [0.717, 1.165) is 24.2 Å². The van der Waals surface area contributed by atoms with Crippen molar-refractivity contribution in [2.75, 3.05) is 5.75 Å². The van der Waals surface area contributed by atoms with Gasteiger partial charge in [-0.15, -0.1) is 11.8 Å². The fourth-order valence-electron chi connectivity index (χ4n) is 3.16. The molecule has 1 unspecified atom stereocenters. The van der Waals surface area contributed by atoms with E-state index in [1.54, 1.807) is 0 Å². The quantitative estimate of drug-likeness (QED) is 0.868. The van der Waals surface area contributed by atoms with Crippen LogP contribution in [0, 0.1) is 0 Å². The van der Waals surface area contributed by atoms with Crippen LogP contribution >= 0.6 is 11.8 Å². The molecule has 2 aromatic rings. The number of carboxylic acid groups (broad SMARTS) is 1. The number of aliphatic carboxylic acids is 1. The summed E-state index contributed by atoms with van der Waals surface area (Å²) < 4.78 is -0.251. The molecule has 1 saturated heterocycles. The number of rotatable bonds is 4. The van der Waals surface area contributed by atoms with Crippen LogP contribution in [0.2, 0.25) is 0 Å². The zero-order valence-corrected chi connectivity index (χ0v) is 13.3. The lowest BCUT2D eigenvalue weighted by atomic mass is 9.88. The molecule has 2 aromatic carbocycles. The topological polar surface area (TPSA) is 37.3 Å². The molecule has 0 radical (unpaired) electrons. The van der Waals surface area contributed by atoms with Crippen LogP contribution in [0.4, 0.5) is 0 Å². The van der Waals surface area contributed by atoms with Gasteiger partial charge >= 0.3 is 5.97 Å². The number of hydrogen-bond donors (Lipinski definition) is 1. The summed E-state index contributed by atoms with van der Waals surface area (Å²) in [4.78, 5) is 11.3. The summed E-state index contributed by atoms with van der Waals surface area (Å²) in [5, 5.41) is 9.31. The molecule has 3 heteroatoms. The Kier molecular flexibility index (Phi) is 4.53. The molecule has 2 nitrogen and oxygen atoms in total. The van der Waals surface area contributed by atoms with Gasteiger partial charge in [0.05, 0.1) is 11.2 Å². The summed E-state index contributed by atoms with van der Waals surface area (Å²) in [6, 6.07) is 18.7. The smallest absolute Gasteiger partial charge is 0.305 e. The van der Waals surface area contributed by atoms with E-state index >= 15 is 0 Å². The van der Waals surface area contributed by atoms with E-state index in [9.17, 15) is 9.90 Å². The largest absolute Gasteiger partial charge is 0.481 e. The van der Waals surface area contributed by atoms with Crippen molar-refractivity contribution in [2.45, 2.75) is 30.4 Å². The summed E-state index contributed by atoms with van der Waals surface area (Å²) in [7, 11) is 0. The molecule has 114 valence electrons. The van der Waals surface area contributed by atoms with E-state index in [2.05, 4.69) is 36.4 Å². The monoisotopic (exact) mass is 312 g/mol. The van der Waals surface area contributed by atoms with Crippen LogP contribution in [0.15, 0.2) is 54.6 Å². The van der Waals surface area contributed by atoms with Gasteiger partial charge in [0.1, 0.15) is 0 Å². The Morgan fingerprint density at radius 2 is 1.68 bits per heavy atom. The van der Waals surface area contributed by atoms with Crippen molar-refractivity contribution in [3.8, 4) is 11.1 Å². The molecule has 1 aliphatic rings. The minimum Gasteiger partial charge on any atom is -0.481 e. The molecule has 1 heterocycles.